The molecule has 0 spiro atoms. The van der Waals surface area contributed by atoms with Crippen LogP contribution in [0.25, 0.3) is 0 Å². The predicted octanol–water partition coefficient (Wildman–Crippen LogP) is 3.31. The molecule has 1 amide bonds. The predicted molar refractivity (Wildman–Crippen MR) is 74.4 cm³/mol. The summed E-state index contributed by atoms with van der Waals surface area (Å²) in [6.45, 7) is 5.53. The molecular weight excluding hydrogens is 270 g/mol. The molecule has 0 aliphatic heterocycles. The average molecular weight is 288 g/mol. The summed E-state index contributed by atoms with van der Waals surface area (Å²) in [4.78, 5) is 12.3. The third kappa shape index (κ3) is 4.80. The summed E-state index contributed by atoms with van der Waals surface area (Å²) in [7, 11) is 0. The number of thioether (sulfide) groups is 1. The van der Waals surface area contributed by atoms with Crippen molar-refractivity contribution in [3.63, 3.8) is 0 Å². The summed E-state index contributed by atoms with van der Waals surface area (Å²) in [6.07, 6.45) is 0. The Morgan fingerprint density at radius 1 is 1.32 bits per heavy atom. The van der Waals surface area contributed by atoms with Gasteiger partial charge in [-0.05, 0) is 17.5 Å². The van der Waals surface area contributed by atoms with Gasteiger partial charge < -0.3 is 11.1 Å². The highest BCUT2D eigenvalue weighted by molar-refractivity contribution is 7.99. The number of carbonyl (C=O) groups excluding carboxylic acids is 1. The van der Waals surface area contributed by atoms with Gasteiger partial charge in [0.1, 0.15) is 0 Å². The molecule has 0 heterocycles. The molecule has 0 unspecified atom stereocenters. The third-order valence-corrected chi connectivity index (χ3v) is 3.36. The van der Waals surface area contributed by atoms with Crippen LogP contribution in [0.3, 0.4) is 0 Å². The molecule has 0 bridgehead atoms. The Morgan fingerprint density at radius 3 is 2.42 bits per heavy atom. The van der Waals surface area contributed by atoms with Crippen molar-refractivity contribution in [3.8, 4) is 0 Å². The van der Waals surface area contributed by atoms with Crippen molar-refractivity contribution in [3.05, 3.63) is 24.3 Å². The molecule has 0 saturated heterocycles. The molecule has 3 N–H and O–H groups in total. The zero-order valence-corrected chi connectivity index (χ0v) is 11.9. The Morgan fingerprint density at radius 2 is 1.89 bits per heavy atom. The van der Waals surface area contributed by atoms with Crippen molar-refractivity contribution < 1.29 is 13.6 Å². The van der Waals surface area contributed by atoms with E-state index < -0.39 is 17.2 Å². The van der Waals surface area contributed by atoms with Gasteiger partial charge in [-0.3, -0.25) is 4.79 Å². The van der Waals surface area contributed by atoms with Crippen molar-refractivity contribution in [1.29, 1.82) is 0 Å². The van der Waals surface area contributed by atoms with E-state index in [1.165, 1.54) is 6.07 Å². The molecule has 0 aromatic heterocycles. The summed E-state index contributed by atoms with van der Waals surface area (Å²) < 4.78 is 24.8. The Labute approximate surface area is 115 Å². The maximum absolute atomic E-state index is 12.4. The summed E-state index contributed by atoms with van der Waals surface area (Å²) in [5, 5.41) is 2.60. The molecule has 0 radical (unpaired) electrons. The Balaban J connectivity index is 2.85. The van der Waals surface area contributed by atoms with Crippen LogP contribution in [0.1, 0.15) is 20.8 Å². The second kappa shape index (κ2) is 6.34. The smallest absolute Gasteiger partial charge is 0.288 e. The maximum atomic E-state index is 12.4. The van der Waals surface area contributed by atoms with Gasteiger partial charge in [-0.25, -0.2) is 0 Å². The second-order valence-electron chi connectivity index (χ2n) is 5.21. The highest BCUT2D eigenvalue weighted by atomic mass is 32.2. The van der Waals surface area contributed by atoms with Crippen molar-refractivity contribution in [1.82, 2.24) is 0 Å². The number of carbonyl (C=O) groups is 1. The van der Waals surface area contributed by atoms with E-state index in [4.69, 9.17) is 5.73 Å². The molecule has 3 nitrogen and oxygen atoms in total. The fraction of sp³-hybridized carbons (Fsp3) is 0.462. The van der Waals surface area contributed by atoms with Gasteiger partial charge in [0.05, 0.1) is 11.7 Å². The van der Waals surface area contributed by atoms with Gasteiger partial charge in [-0.2, -0.15) is 8.78 Å². The minimum atomic E-state index is -2.53. The quantitative estimate of drug-likeness (QED) is 0.836. The molecule has 1 aromatic carbocycles. The lowest BCUT2D eigenvalue weighted by Gasteiger charge is -2.26. The van der Waals surface area contributed by atoms with Gasteiger partial charge in [0, 0.05) is 4.90 Å². The first-order valence-electron chi connectivity index (χ1n) is 5.82. The highest BCUT2D eigenvalue weighted by Crippen LogP contribution is 2.32. The van der Waals surface area contributed by atoms with E-state index in [-0.39, 0.29) is 5.91 Å². The number of anilines is 1. The maximum Gasteiger partial charge on any atom is 0.288 e. The summed E-state index contributed by atoms with van der Waals surface area (Å²) in [6, 6.07) is 5.72. The Kier molecular flexibility index (Phi) is 5.31. The van der Waals surface area contributed by atoms with Crippen LogP contribution in [0.4, 0.5) is 14.5 Å². The van der Waals surface area contributed by atoms with Gasteiger partial charge in [-0.1, -0.05) is 44.7 Å². The zero-order valence-electron chi connectivity index (χ0n) is 11.1. The normalized spacial score (nSPS) is 13.4. The molecular formula is C13H18F2N2OS. The Bertz CT molecular complexity index is 447. The fourth-order valence-electron chi connectivity index (χ4n) is 1.37. The van der Waals surface area contributed by atoms with Gasteiger partial charge in [0.25, 0.3) is 5.76 Å². The molecule has 1 aromatic rings. The van der Waals surface area contributed by atoms with Crippen molar-refractivity contribution in [2.24, 2.45) is 11.1 Å². The van der Waals surface area contributed by atoms with Gasteiger partial charge in [0.2, 0.25) is 5.91 Å². The lowest BCUT2D eigenvalue weighted by atomic mass is 9.87. The van der Waals surface area contributed by atoms with Crippen LogP contribution >= 0.6 is 11.8 Å². The number of nitrogens with one attached hydrogen (secondary N) is 1. The molecule has 6 heteroatoms. The van der Waals surface area contributed by atoms with E-state index in [1.807, 2.05) is 20.8 Å². The monoisotopic (exact) mass is 288 g/mol. The number of hydrogen-bond acceptors (Lipinski definition) is 3. The van der Waals surface area contributed by atoms with Crippen LogP contribution in [0, 0.1) is 5.41 Å². The lowest BCUT2D eigenvalue weighted by Crippen LogP contribution is -2.45. The van der Waals surface area contributed by atoms with Crippen LogP contribution in [-0.2, 0) is 4.79 Å². The molecule has 106 valence electrons. The number of halogens is 2. The molecule has 19 heavy (non-hydrogen) atoms. The number of para-hydroxylation sites is 1. The average Bonchev–Trinajstić information content (AvgIpc) is 2.28. The minimum absolute atomic E-state index is 0.326. The first-order valence-corrected chi connectivity index (χ1v) is 6.70. The van der Waals surface area contributed by atoms with E-state index in [0.29, 0.717) is 22.3 Å². The number of nitrogens with two attached hydrogens (primary N) is 1. The first kappa shape index (κ1) is 15.9. The largest absolute Gasteiger partial charge is 0.324 e. The van der Waals surface area contributed by atoms with Gasteiger partial charge >= 0.3 is 0 Å². The number of rotatable bonds is 4. The van der Waals surface area contributed by atoms with E-state index in [0.717, 1.165) is 0 Å². The zero-order chi connectivity index (χ0) is 14.6. The van der Waals surface area contributed by atoms with Crippen molar-refractivity contribution >= 4 is 23.4 Å². The Hall–Kier alpha value is -1.14. The van der Waals surface area contributed by atoms with Gasteiger partial charge in [-0.15, -0.1) is 0 Å². The molecule has 0 saturated carbocycles. The van der Waals surface area contributed by atoms with E-state index >= 15 is 0 Å². The molecule has 0 aliphatic rings. The topological polar surface area (TPSA) is 55.1 Å². The number of amides is 1. The highest BCUT2D eigenvalue weighted by Gasteiger charge is 2.27. The van der Waals surface area contributed by atoms with Crippen LogP contribution < -0.4 is 11.1 Å². The number of hydrogen-bond donors (Lipinski definition) is 2. The first-order chi connectivity index (χ1) is 8.71. The van der Waals surface area contributed by atoms with Crippen molar-refractivity contribution in [2.75, 3.05) is 5.32 Å². The SMILES string of the molecule is CC(C)(C)[C@@H](N)C(=O)Nc1ccccc1SC(F)F. The van der Waals surface area contributed by atoms with Crippen LogP contribution in [0.15, 0.2) is 29.2 Å². The fourth-order valence-corrected chi connectivity index (χ4v) is 1.97. The molecule has 1 atom stereocenters. The van der Waals surface area contributed by atoms with Crippen LogP contribution in [-0.4, -0.2) is 17.7 Å². The van der Waals surface area contributed by atoms with Crippen molar-refractivity contribution in [2.45, 2.75) is 37.5 Å². The summed E-state index contributed by atoms with van der Waals surface area (Å²) >= 11 is 0.397. The van der Waals surface area contributed by atoms with Gasteiger partial charge in [0.15, 0.2) is 0 Å². The second-order valence-corrected chi connectivity index (χ2v) is 6.24. The number of benzene rings is 1. The minimum Gasteiger partial charge on any atom is -0.324 e. The lowest BCUT2D eigenvalue weighted by molar-refractivity contribution is -0.119. The molecule has 1 rings (SSSR count). The molecule has 0 aliphatic carbocycles. The summed E-state index contributed by atoms with van der Waals surface area (Å²) in [5.74, 6) is -2.91. The van der Waals surface area contributed by atoms with E-state index in [9.17, 15) is 13.6 Å². The van der Waals surface area contributed by atoms with E-state index in [1.54, 1.807) is 18.2 Å². The molecule has 0 fully saturated rings. The number of alkyl halides is 2. The van der Waals surface area contributed by atoms with Crippen LogP contribution in [0.5, 0.6) is 0 Å². The standard InChI is InChI=1S/C13H18F2N2OS/c1-13(2,3)10(16)11(18)17-8-6-4-5-7-9(8)19-12(14)15/h4-7,10,12H,16H2,1-3H3,(H,17,18)/t10-/m0/s1. The van der Waals surface area contributed by atoms with E-state index in [2.05, 4.69) is 5.32 Å². The van der Waals surface area contributed by atoms with Crippen LogP contribution in [0.2, 0.25) is 0 Å². The summed E-state index contributed by atoms with van der Waals surface area (Å²) in [5.41, 5.74) is 5.79. The third-order valence-electron chi connectivity index (χ3n) is 2.58.